The van der Waals surface area contributed by atoms with Crippen LogP contribution in [0.3, 0.4) is 0 Å². The molecule has 0 saturated heterocycles. The zero-order valence-electron chi connectivity index (χ0n) is 12.5. The second-order valence-corrected chi connectivity index (χ2v) is 6.63. The van der Waals surface area contributed by atoms with Crippen LogP contribution in [-0.2, 0) is 4.79 Å². The molecule has 1 atom stereocenters. The lowest BCUT2D eigenvalue weighted by atomic mass is 9.95. The van der Waals surface area contributed by atoms with Crippen molar-refractivity contribution in [3.8, 4) is 0 Å². The molecule has 0 radical (unpaired) electrons. The minimum atomic E-state index is -0.753. The second kappa shape index (κ2) is 6.76. The number of aliphatic hydroxyl groups excluding tert-OH is 2. The lowest BCUT2D eigenvalue weighted by Crippen LogP contribution is -2.33. The minimum Gasteiger partial charge on any atom is -0.503 e. The maximum atomic E-state index is 12.8. The molecule has 1 aromatic heterocycles. The van der Waals surface area contributed by atoms with Gasteiger partial charge in [0, 0.05) is 11.6 Å². The third-order valence-electron chi connectivity index (χ3n) is 3.82. The Morgan fingerprint density at radius 1 is 1.25 bits per heavy atom. The van der Waals surface area contributed by atoms with Crippen molar-refractivity contribution in [1.29, 1.82) is 0 Å². The fourth-order valence-electron chi connectivity index (χ4n) is 2.76. The largest absolute Gasteiger partial charge is 0.503 e. The summed E-state index contributed by atoms with van der Waals surface area (Å²) < 4.78 is 0. The van der Waals surface area contributed by atoms with E-state index in [1.54, 1.807) is 41.8 Å². The van der Waals surface area contributed by atoms with Gasteiger partial charge >= 0.3 is 0 Å². The van der Waals surface area contributed by atoms with Gasteiger partial charge in [-0.25, -0.2) is 0 Å². The fourth-order valence-corrected chi connectivity index (χ4v) is 3.56. The van der Waals surface area contributed by atoms with Gasteiger partial charge in [0.25, 0.3) is 5.91 Å². The van der Waals surface area contributed by atoms with Crippen LogP contribution < -0.4 is 0 Å². The molecule has 1 aromatic carbocycles. The highest BCUT2D eigenvalue weighted by Gasteiger charge is 2.43. The van der Waals surface area contributed by atoms with E-state index in [4.69, 9.17) is 11.6 Å². The summed E-state index contributed by atoms with van der Waals surface area (Å²) in [5.74, 6) is -1.62. The monoisotopic (exact) mass is 363 g/mol. The molecular weight excluding hydrogens is 350 g/mol. The Labute approximate surface area is 147 Å². The number of nitrogens with zero attached hydrogens (tertiary/aromatic N) is 1. The molecule has 2 N–H and O–H groups in total. The van der Waals surface area contributed by atoms with E-state index in [1.165, 1.54) is 16.2 Å². The van der Waals surface area contributed by atoms with Gasteiger partial charge in [0.2, 0.25) is 5.78 Å². The standard InChI is InChI=1S/C17H14ClNO4S/c18-11-5-3-10(4-6-11)14-13(15(21)12-2-1-9-24-12)16(22)17(23)19(14)7-8-20/h1-6,9,14,20,22H,7-8H2. The first-order valence-electron chi connectivity index (χ1n) is 7.23. The van der Waals surface area contributed by atoms with Crippen molar-refractivity contribution < 1.29 is 19.8 Å². The maximum absolute atomic E-state index is 12.8. The van der Waals surface area contributed by atoms with Gasteiger partial charge in [-0.1, -0.05) is 29.8 Å². The van der Waals surface area contributed by atoms with Crippen molar-refractivity contribution in [3.63, 3.8) is 0 Å². The van der Waals surface area contributed by atoms with E-state index >= 15 is 0 Å². The molecule has 5 nitrogen and oxygen atoms in total. The van der Waals surface area contributed by atoms with Crippen LogP contribution in [0.1, 0.15) is 21.3 Å². The van der Waals surface area contributed by atoms with Crippen molar-refractivity contribution >= 4 is 34.6 Å². The number of amides is 1. The van der Waals surface area contributed by atoms with Crippen molar-refractivity contribution in [3.05, 3.63) is 68.6 Å². The smallest absolute Gasteiger partial charge is 0.290 e. The maximum Gasteiger partial charge on any atom is 0.290 e. The molecule has 3 rings (SSSR count). The number of hydrogen-bond acceptors (Lipinski definition) is 5. The topological polar surface area (TPSA) is 77.8 Å². The average Bonchev–Trinajstić information content (AvgIpc) is 3.19. The lowest BCUT2D eigenvalue weighted by Gasteiger charge is -2.26. The Bertz CT molecular complexity index is 799. The van der Waals surface area contributed by atoms with Crippen molar-refractivity contribution in [2.24, 2.45) is 0 Å². The van der Waals surface area contributed by atoms with Crippen LogP contribution in [0.4, 0.5) is 0 Å². The molecular formula is C17H14ClNO4S. The molecule has 124 valence electrons. The van der Waals surface area contributed by atoms with Crippen molar-refractivity contribution in [1.82, 2.24) is 4.90 Å². The Hall–Kier alpha value is -2.15. The number of thiophene rings is 1. The van der Waals surface area contributed by atoms with Crippen LogP contribution >= 0.6 is 22.9 Å². The van der Waals surface area contributed by atoms with Gasteiger partial charge < -0.3 is 15.1 Å². The van der Waals surface area contributed by atoms with Gasteiger partial charge in [-0.2, -0.15) is 0 Å². The molecule has 1 aliphatic rings. The predicted molar refractivity (Wildman–Crippen MR) is 91.3 cm³/mol. The van der Waals surface area contributed by atoms with Crippen molar-refractivity contribution in [2.45, 2.75) is 6.04 Å². The van der Waals surface area contributed by atoms with E-state index in [0.29, 0.717) is 15.5 Å². The molecule has 1 unspecified atom stereocenters. The van der Waals surface area contributed by atoms with Gasteiger partial charge in [-0.05, 0) is 29.1 Å². The van der Waals surface area contributed by atoms with Gasteiger partial charge in [-0.3, -0.25) is 9.59 Å². The molecule has 1 amide bonds. The van der Waals surface area contributed by atoms with Crippen LogP contribution in [0.25, 0.3) is 0 Å². The van der Waals surface area contributed by atoms with Crippen LogP contribution in [0.5, 0.6) is 0 Å². The first-order chi connectivity index (χ1) is 11.5. The number of benzene rings is 1. The van der Waals surface area contributed by atoms with E-state index in [1.807, 2.05) is 0 Å². The zero-order chi connectivity index (χ0) is 17.3. The normalized spacial score (nSPS) is 17.7. The molecule has 2 aromatic rings. The molecule has 0 spiro atoms. The van der Waals surface area contributed by atoms with Gasteiger partial charge in [-0.15, -0.1) is 11.3 Å². The van der Waals surface area contributed by atoms with Crippen LogP contribution in [-0.4, -0.2) is 40.0 Å². The second-order valence-electron chi connectivity index (χ2n) is 5.24. The summed E-state index contributed by atoms with van der Waals surface area (Å²) >= 11 is 7.15. The summed E-state index contributed by atoms with van der Waals surface area (Å²) in [6.07, 6.45) is 0. The molecule has 0 bridgehead atoms. The SMILES string of the molecule is O=C(C1=C(O)C(=O)N(CCO)C1c1ccc(Cl)cc1)c1cccs1. The summed E-state index contributed by atoms with van der Waals surface area (Å²) in [5, 5.41) is 21.8. The van der Waals surface area contributed by atoms with Crippen LogP contribution in [0, 0.1) is 0 Å². The van der Waals surface area contributed by atoms with Gasteiger partial charge in [0.1, 0.15) is 0 Å². The minimum absolute atomic E-state index is 0.0113. The molecule has 24 heavy (non-hydrogen) atoms. The number of halogens is 1. The lowest BCUT2D eigenvalue weighted by molar-refractivity contribution is -0.129. The van der Waals surface area contributed by atoms with Crippen LogP contribution in [0.2, 0.25) is 5.02 Å². The van der Waals surface area contributed by atoms with Crippen LogP contribution in [0.15, 0.2) is 53.1 Å². The first-order valence-corrected chi connectivity index (χ1v) is 8.49. The highest BCUT2D eigenvalue weighted by atomic mass is 35.5. The van der Waals surface area contributed by atoms with E-state index in [0.717, 1.165) is 0 Å². The predicted octanol–water partition coefficient (Wildman–Crippen LogP) is 2.97. The van der Waals surface area contributed by atoms with E-state index in [-0.39, 0.29) is 18.7 Å². The summed E-state index contributed by atoms with van der Waals surface area (Å²) in [7, 11) is 0. The summed E-state index contributed by atoms with van der Waals surface area (Å²) in [4.78, 5) is 26.9. The Morgan fingerprint density at radius 3 is 2.54 bits per heavy atom. The summed E-state index contributed by atoms with van der Waals surface area (Å²) in [6, 6.07) is 9.33. The Balaban J connectivity index is 2.10. The van der Waals surface area contributed by atoms with E-state index < -0.39 is 23.5 Å². The van der Waals surface area contributed by atoms with Gasteiger partial charge in [0.05, 0.1) is 23.1 Å². The van der Waals surface area contributed by atoms with Gasteiger partial charge in [0.15, 0.2) is 5.76 Å². The van der Waals surface area contributed by atoms with E-state index in [9.17, 15) is 19.8 Å². The number of β-amino-alcohol motifs (C(OH)–C–C–N with tert-alkyl or cyclic N) is 1. The fraction of sp³-hybridized carbons (Fsp3) is 0.176. The molecule has 7 heteroatoms. The molecule has 0 fully saturated rings. The molecule has 0 aliphatic carbocycles. The number of aliphatic hydroxyl groups is 2. The number of carbonyl (C=O) groups is 2. The average molecular weight is 364 g/mol. The Kier molecular flexibility index (Phi) is 4.71. The summed E-state index contributed by atoms with van der Waals surface area (Å²) in [6.45, 7) is -0.263. The Morgan fingerprint density at radius 2 is 1.96 bits per heavy atom. The highest BCUT2D eigenvalue weighted by molar-refractivity contribution is 7.12. The molecule has 2 heterocycles. The molecule has 1 aliphatic heterocycles. The number of rotatable bonds is 5. The highest BCUT2D eigenvalue weighted by Crippen LogP contribution is 2.39. The quantitative estimate of drug-likeness (QED) is 0.800. The van der Waals surface area contributed by atoms with Crippen molar-refractivity contribution in [2.75, 3.05) is 13.2 Å². The third-order valence-corrected chi connectivity index (χ3v) is 4.94. The summed E-state index contributed by atoms with van der Waals surface area (Å²) in [5.41, 5.74) is 0.670. The number of Topliss-reactive ketones (excluding diaryl/α,β-unsaturated/α-hetero) is 1. The number of hydrogen-bond donors (Lipinski definition) is 2. The van der Waals surface area contributed by atoms with E-state index in [2.05, 4.69) is 0 Å². The first kappa shape index (κ1) is 16.7. The molecule has 0 saturated carbocycles. The number of ketones is 1. The zero-order valence-corrected chi connectivity index (χ0v) is 14.0. The third kappa shape index (κ3) is 2.84. The number of carbonyl (C=O) groups excluding carboxylic acids is 2.